The van der Waals surface area contributed by atoms with Gasteiger partial charge in [0.15, 0.2) is 11.5 Å². The number of oxazole rings is 2. The van der Waals surface area contributed by atoms with Crippen molar-refractivity contribution in [1.82, 2.24) is 19.8 Å². The minimum atomic E-state index is -0.276. The molecule has 1 saturated heterocycles. The van der Waals surface area contributed by atoms with Gasteiger partial charge in [0.25, 0.3) is 0 Å². The molecular formula is C25H24F2N4O2. The van der Waals surface area contributed by atoms with Gasteiger partial charge in [0, 0.05) is 36.8 Å². The molecule has 2 aromatic carbocycles. The van der Waals surface area contributed by atoms with Gasteiger partial charge < -0.3 is 8.83 Å². The minimum absolute atomic E-state index is 0.276. The second-order valence-corrected chi connectivity index (χ2v) is 8.30. The standard InChI is InChI=1S/C25H24F2N4O2/c1-17-14-30(15-24-28-12-22(32-24)18-2-6-20(26)7-3-18)10-11-31(17)16-25-29-13-23(33-25)19-4-8-21(27)9-5-19/h2-9,12-13,17H,10-11,14-16H2,1H3. The van der Waals surface area contributed by atoms with E-state index < -0.39 is 0 Å². The van der Waals surface area contributed by atoms with Crippen LogP contribution in [0.25, 0.3) is 22.6 Å². The SMILES string of the molecule is CC1CN(Cc2ncc(-c3ccc(F)cc3)o2)CCN1Cc1ncc(-c2ccc(F)cc2)o1. The quantitative estimate of drug-likeness (QED) is 0.413. The van der Waals surface area contributed by atoms with Gasteiger partial charge in [0.05, 0.1) is 25.5 Å². The molecule has 1 atom stereocenters. The van der Waals surface area contributed by atoms with Gasteiger partial charge in [-0.1, -0.05) is 0 Å². The minimum Gasteiger partial charge on any atom is -0.439 e. The van der Waals surface area contributed by atoms with Crippen LogP contribution in [0.1, 0.15) is 18.7 Å². The molecule has 170 valence electrons. The lowest BCUT2D eigenvalue weighted by Gasteiger charge is -2.38. The third kappa shape index (κ3) is 5.02. The van der Waals surface area contributed by atoms with Gasteiger partial charge in [-0.3, -0.25) is 9.80 Å². The molecule has 0 aliphatic carbocycles. The van der Waals surface area contributed by atoms with Crippen LogP contribution in [0.5, 0.6) is 0 Å². The van der Waals surface area contributed by atoms with Gasteiger partial charge >= 0.3 is 0 Å². The Kier molecular flexibility index (Phi) is 6.02. The van der Waals surface area contributed by atoms with Crippen molar-refractivity contribution in [3.63, 3.8) is 0 Å². The average Bonchev–Trinajstić information content (AvgIpc) is 3.47. The summed E-state index contributed by atoms with van der Waals surface area (Å²) in [7, 11) is 0. The largest absolute Gasteiger partial charge is 0.439 e. The van der Waals surface area contributed by atoms with Crippen molar-refractivity contribution in [1.29, 1.82) is 0 Å². The van der Waals surface area contributed by atoms with Gasteiger partial charge in [-0.2, -0.15) is 0 Å². The summed E-state index contributed by atoms with van der Waals surface area (Å²) in [6.45, 7) is 6.00. The number of halogens is 2. The summed E-state index contributed by atoms with van der Waals surface area (Å²) in [6, 6.07) is 12.7. The van der Waals surface area contributed by atoms with Gasteiger partial charge in [-0.25, -0.2) is 18.7 Å². The number of hydrogen-bond acceptors (Lipinski definition) is 6. The van der Waals surface area contributed by atoms with Gasteiger partial charge in [-0.05, 0) is 55.5 Å². The molecule has 1 fully saturated rings. The van der Waals surface area contributed by atoms with Crippen molar-refractivity contribution in [2.75, 3.05) is 19.6 Å². The maximum absolute atomic E-state index is 13.1. The van der Waals surface area contributed by atoms with Gasteiger partial charge in [0.1, 0.15) is 11.6 Å². The fourth-order valence-electron chi connectivity index (χ4n) is 4.08. The first-order valence-electron chi connectivity index (χ1n) is 10.9. The molecule has 0 radical (unpaired) electrons. The van der Waals surface area contributed by atoms with Gasteiger partial charge in [-0.15, -0.1) is 0 Å². The van der Waals surface area contributed by atoms with Crippen molar-refractivity contribution in [2.45, 2.75) is 26.1 Å². The topological polar surface area (TPSA) is 58.5 Å². The van der Waals surface area contributed by atoms with Crippen LogP contribution in [0, 0.1) is 11.6 Å². The summed E-state index contributed by atoms with van der Waals surface area (Å²) >= 11 is 0. The van der Waals surface area contributed by atoms with Crippen LogP contribution < -0.4 is 0 Å². The molecule has 33 heavy (non-hydrogen) atoms. The fourth-order valence-corrected chi connectivity index (χ4v) is 4.08. The maximum Gasteiger partial charge on any atom is 0.209 e. The Bertz CT molecular complexity index is 1200. The number of benzene rings is 2. The average molecular weight is 450 g/mol. The monoisotopic (exact) mass is 450 g/mol. The molecule has 6 nitrogen and oxygen atoms in total. The van der Waals surface area contributed by atoms with Crippen LogP contribution in [-0.2, 0) is 13.1 Å². The van der Waals surface area contributed by atoms with E-state index in [-0.39, 0.29) is 11.6 Å². The molecule has 1 aliphatic heterocycles. The van der Waals surface area contributed by atoms with Crippen molar-refractivity contribution in [3.05, 3.63) is 84.3 Å². The third-order valence-electron chi connectivity index (χ3n) is 5.91. The molecule has 1 aliphatic rings. The van der Waals surface area contributed by atoms with Crippen molar-refractivity contribution in [3.8, 4) is 22.6 Å². The van der Waals surface area contributed by atoms with E-state index in [2.05, 4.69) is 26.7 Å². The van der Waals surface area contributed by atoms with Crippen LogP contribution in [-0.4, -0.2) is 45.4 Å². The van der Waals surface area contributed by atoms with Crippen molar-refractivity contribution < 1.29 is 17.6 Å². The molecule has 0 bridgehead atoms. The first-order valence-corrected chi connectivity index (χ1v) is 10.9. The van der Waals surface area contributed by atoms with E-state index in [1.807, 2.05) is 0 Å². The Morgan fingerprint density at radius 1 is 0.788 bits per heavy atom. The summed E-state index contributed by atoms with van der Waals surface area (Å²) in [5.41, 5.74) is 1.61. The summed E-state index contributed by atoms with van der Waals surface area (Å²) in [6.07, 6.45) is 3.37. The Balaban J connectivity index is 1.16. The summed E-state index contributed by atoms with van der Waals surface area (Å²) in [5, 5.41) is 0. The molecule has 3 heterocycles. The van der Waals surface area contributed by atoms with Crippen LogP contribution >= 0.6 is 0 Å². The highest BCUT2D eigenvalue weighted by Crippen LogP contribution is 2.24. The second-order valence-electron chi connectivity index (χ2n) is 8.30. The summed E-state index contributed by atoms with van der Waals surface area (Å²) in [4.78, 5) is 13.4. The summed E-state index contributed by atoms with van der Waals surface area (Å²) < 4.78 is 38.1. The predicted molar refractivity (Wildman–Crippen MR) is 119 cm³/mol. The zero-order valence-electron chi connectivity index (χ0n) is 18.2. The normalized spacial score (nSPS) is 17.5. The Hall–Kier alpha value is -3.36. The third-order valence-corrected chi connectivity index (χ3v) is 5.91. The lowest BCUT2D eigenvalue weighted by atomic mass is 10.2. The zero-order chi connectivity index (χ0) is 22.8. The van der Waals surface area contributed by atoms with E-state index in [1.165, 1.54) is 24.3 Å². The number of aromatic nitrogens is 2. The lowest BCUT2D eigenvalue weighted by molar-refractivity contribution is 0.0624. The molecule has 4 aromatic rings. The van der Waals surface area contributed by atoms with Gasteiger partial charge in [0.2, 0.25) is 11.8 Å². The Morgan fingerprint density at radius 2 is 1.30 bits per heavy atom. The van der Waals surface area contributed by atoms with Crippen LogP contribution in [0.3, 0.4) is 0 Å². The van der Waals surface area contributed by atoms with Crippen LogP contribution in [0.2, 0.25) is 0 Å². The second kappa shape index (κ2) is 9.25. The van der Waals surface area contributed by atoms with E-state index in [0.717, 1.165) is 30.8 Å². The molecule has 0 spiro atoms. The molecule has 1 unspecified atom stereocenters. The Morgan fingerprint density at radius 3 is 1.82 bits per heavy atom. The highest BCUT2D eigenvalue weighted by Gasteiger charge is 2.26. The number of piperazine rings is 1. The maximum atomic E-state index is 13.1. The molecule has 0 saturated carbocycles. The molecule has 5 rings (SSSR count). The van der Waals surface area contributed by atoms with Crippen LogP contribution in [0.15, 0.2) is 69.8 Å². The molecule has 0 N–H and O–H groups in total. The lowest BCUT2D eigenvalue weighted by Crippen LogP contribution is -2.50. The van der Waals surface area contributed by atoms with E-state index in [4.69, 9.17) is 8.83 Å². The Labute approximate surface area is 190 Å². The molecular weight excluding hydrogens is 426 g/mol. The van der Waals surface area contributed by atoms with Crippen LogP contribution in [0.4, 0.5) is 8.78 Å². The zero-order valence-corrected chi connectivity index (χ0v) is 18.2. The molecule has 8 heteroatoms. The summed E-state index contributed by atoms with van der Waals surface area (Å²) in [5.74, 6) is 2.01. The highest BCUT2D eigenvalue weighted by molar-refractivity contribution is 5.56. The number of rotatable bonds is 6. The van der Waals surface area contributed by atoms with E-state index >= 15 is 0 Å². The molecule has 2 aromatic heterocycles. The molecule has 0 amide bonds. The predicted octanol–water partition coefficient (Wildman–Crippen LogP) is 4.98. The highest BCUT2D eigenvalue weighted by atomic mass is 19.1. The van der Waals surface area contributed by atoms with E-state index in [9.17, 15) is 8.78 Å². The fraction of sp³-hybridized carbons (Fsp3) is 0.280. The number of hydrogen-bond donors (Lipinski definition) is 0. The first kappa shape index (κ1) is 21.5. The number of nitrogens with zero attached hydrogens (tertiary/aromatic N) is 4. The van der Waals surface area contributed by atoms with E-state index in [0.29, 0.717) is 42.4 Å². The van der Waals surface area contributed by atoms with E-state index in [1.54, 1.807) is 36.7 Å². The first-order chi connectivity index (χ1) is 16.0. The smallest absolute Gasteiger partial charge is 0.209 e. The van der Waals surface area contributed by atoms with Crippen molar-refractivity contribution in [2.24, 2.45) is 0 Å². The van der Waals surface area contributed by atoms with Crippen molar-refractivity contribution >= 4 is 0 Å².